The number of rotatable bonds is 19. The molecule has 0 fully saturated rings. The monoisotopic (exact) mass is 517 g/mol. The Labute approximate surface area is 208 Å². The van der Waals surface area contributed by atoms with Crippen molar-refractivity contribution in [2.75, 3.05) is 19.7 Å². The lowest BCUT2D eigenvalue weighted by molar-refractivity contribution is -0.142. The van der Waals surface area contributed by atoms with E-state index in [2.05, 4.69) is 20.9 Å². The smallest absolute Gasteiger partial charge is 0.326 e. The van der Waals surface area contributed by atoms with Gasteiger partial charge in [-0.2, -0.15) is 0 Å². The van der Waals surface area contributed by atoms with Crippen LogP contribution in [-0.2, 0) is 24.0 Å². The Bertz CT molecular complexity index is 775. The number of guanidine groups is 1. The highest BCUT2D eigenvalue weighted by Crippen LogP contribution is 2.04. The highest BCUT2D eigenvalue weighted by atomic mass is 16.4. The number of carboxylic acids is 1. The zero-order valence-electron chi connectivity index (χ0n) is 20.2. The van der Waals surface area contributed by atoms with Gasteiger partial charge in [0.15, 0.2) is 5.96 Å². The van der Waals surface area contributed by atoms with E-state index in [0.29, 0.717) is 25.8 Å². The number of aliphatic imine (C=N–C) groups is 1. The molecule has 0 heterocycles. The predicted octanol–water partition coefficient (Wildman–Crippen LogP) is -4.71. The van der Waals surface area contributed by atoms with E-state index in [1.165, 1.54) is 0 Å². The molecule has 4 amide bonds. The van der Waals surface area contributed by atoms with Crippen molar-refractivity contribution in [3.05, 3.63) is 0 Å². The second-order valence-corrected chi connectivity index (χ2v) is 8.05. The number of hydrogen-bond acceptors (Lipinski definition) is 9. The number of primary amides is 1. The minimum Gasteiger partial charge on any atom is -0.480 e. The van der Waals surface area contributed by atoms with Gasteiger partial charge < -0.3 is 54.8 Å². The average molecular weight is 518 g/mol. The Morgan fingerprint density at radius 2 is 1.36 bits per heavy atom. The summed E-state index contributed by atoms with van der Waals surface area (Å²) in [4.78, 5) is 64.1. The van der Waals surface area contributed by atoms with Crippen LogP contribution in [0, 0.1) is 0 Å². The van der Waals surface area contributed by atoms with E-state index >= 15 is 0 Å². The molecular weight excluding hydrogens is 478 g/mol. The Balaban J connectivity index is 5.20. The van der Waals surface area contributed by atoms with Gasteiger partial charge in [-0.15, -0.1) is 0 Å². The van der Waals surface area contributed by atoms with Crippen molar-refractivity contribution in [1.82, 2.24) is 16.0 Å². The van der Waals surface area contributed by atoms with Gasteiger partial charge in [-0.1, -0.05) is 0 Å². The lowest BCUT2D eigenvalue weighted by Crippen LogP contribution is -2.58. The number of aliphatic carboxylic acids is 1. The quantitative estimate of drug-likeness (QED) is 0.0440. The fourth-order valence-electron chi connectivity index (χ4n) is 2.97. The highest BCUT2D eigenvalue weighted by Gasteiger charge is 2.30. The molecule has 0 rings (SSSR count). The predicted molar refractivity (Wildman–Crippen MR) is 130 cm³/mol. The summed E-state index contributed by atoms with van der Waals surface area (Å²) in [6, 6.07) is -5.10. The molecule has 4 atom stereocenters. The molecule has 0 aromatic heterocycles. The summed E-state index contributed by atoms with van der Waals surface area (Å²) in [5, 5.41) is 25.8. The van der Waals surface area contributed by atoms with Gasteiger partial charge in [-0.05, 0) is 45.1 Å². The van der Waals surface area contributed by atoms with E-state index in [1.54, 1.807) is 0 Å². The first-order valence-corrected chi connectivity index (χ1v) is 11.5. The summed E-state index contributed by atoms with van der Waals surface area (Å²) in [6.45, 7) is -0.257. The number of carbonyl (C=O) groups is 5. The molecule has 0 saturated heterocycles. The second-order valence-electron chi connectivity index (χ2n) is 8.05. The number of amides is 4. The number of carboxylic acid groups (broad SMARTS) is 1. The standard InChI is InChI=1S/C20H39N9O7/c21-8-2-1-5-13(19(35)36)28-18(34)14(10-30)29-17(33)12(6-7-15(23)31)27-16(32)11(22)4-3-9-26-20(24)25/h11-14,30H,1-10,21-22H2,(H2,23,31)(H,27,32)(H,28,34)(H,29,33)(H,35,36)(H4,24,25,26). The molecule has 0 radical (unpaired) electrons. The molecule has 0 aliphatic carbocycles. The number of nitrogens with two attached hydrogens (primary N) is 5. The summed E-state index contributed by atoms with van der Waals surface area (Å²) in [5.74, 6) is -4.68. The van der Waals surface area contributed by atoms with Crippen LogP contribution in [0.4, 0.5) is 0 Å². The molecule has 15 N–H and O–H groups in total. The molecule has 0 saturated carbocycles. The molecule has 0 spiro atoms. The number of carbonyl (C=O) groups excluding carboxylic acids is 4. The lowest BCUT2D eigenvalue weighted by Gasteiger charge is -2.24. The van der Waals surface area contributed by atoms with Crippen molar-refractivity contribution in [1.29, 1.82) is 0 Å². The van der Waals surface area contributed by atoms with E-state index in [-0.39, 0.29) is 38.2 Å². The minimum absolute atomic E-state index is 0.0999. The van der Waals surface area contributed by atoms with Crippen LogP contribution in [0.25, 0.3) is 0 Å². The maximum absolute atomic E-state index is 12.8. The molecule has 16 heteroatoms. The van der Waals surface area contributed by atoms with Gasteiger partial charge >= 0.3 is 5.97 Å². The summed E-state index contributed by atoms with van der Waals surface area (Å²) >= 11 is 0. The molecule has 206 valence electrons. The molecule has 4 unspecified atom stereocenters. The van der Waals surface area contributed by atoms with Crippen molar-refractivity contribution in [2.45, 2.75) is 69.1 Å². The molecule has 16 nitrogen and oxygen atoms in total. The van der Waals surface area contributed by atoms with Crippen LogP contribution in [0.15, 0.2) is 4.99 Å². The molecule has 0 aromatic carbocycles. The van der Waals surface area contributed by atoms with Gasteiger partial charge in [0, 0.05) is 13.0 Å². The van der Waals surface area contributed by atoms with E-state index in [1.807, 2.05) is 0 Å². The third-order valence-corrected chi connectivity index (χ3v) is 4.99. The van der Waals surface area contributed by atoms with Crippen molar-refractivity contribution in [3.63, 3.8) is 0 Å². The van der Waals surface area contributed by atoms with E-state index < -0.39 is 60.4 Å². The topological polar surface area (TPSA) is 304 Å². The maximum Gasteiger partial charge on any atom is 0.326 e. The number of aliphatic hydroxyl groups excluding tert-OH is 1. The number of aliphatic hydroxyl groups is 1. The SMILES string of the molecule is NCCCCC(NC(=O)C(CO)NC(=O)C(CCC(N)=O)NC(=O)C(N)CCCN=C(N)N)C(=O)O. The van der Waals surface area contributed by atoms with Crippen molar-refractivity contribution in [3.8, 4) is 0 Å². The maximum atomic E-state index is 12.8. The Hall–Kier alpha value is -3.50. The Morgan fingerprint density at radius 3 is 1.89 bits per heavy atom. The lowest BCUT2D eigenvalue weighted by atomic mass is 10.1. The van der Waals surface area contributed by atoms with Gasteiger partial charge in [0.1, 0.15) is 18.1 Å². The number of nitrogens with zero attached hydrogens (tertiary/aromatic N) is 1. The molecule has 36 heavy (non-hydrogen) atoms. The second kappa shape index (κ2) is 17.9. The van der Waals surface area contributed by atoms with Crippen LogP contribution in [0.3, 0.4) is 0 Å². The van der Waals surface area contributed by atoms with E-state index in [9.17, 15) is 34.2 Å². The highest BCUT2D eigenvalue weighted by molar-refractivity contribution is 5.94. The molecule has 0 aromatic rings. The fourth-order valence-corrected chi connectivity index (χ4v) is 2.97. The van der Waals surface area contributed by atoms with Gasteiger partial charge in [-0.3, -0.25) is 24.2 Å². The largest absolute Gasteiger partial charge is 0.480 e. The number of hydrogen-bond donors (Lipinski definition) is 10. The Kier molecular flexibility index (Phi) is 16.1. The van der Waals surface area contributed by atoms with Crippen LogP contribution in [-0.4, -0.2) is 89.6 Å². The van der Waals surface area contributed by atoms with Crippen LogP contribution >= 0.6 is 0 Å². The van der Waals surface area contributed by atoms with Crippen LogP contribution in [0.2, 0.25) is 0 Å². The third-order valence-electron chi connectivity index (χ3n) is 4.99. The normalized spacial score (nSPS) is 14.0. The Morgan fingerprint density at radius 1 is 0.778 bits per heavy atom. The summed E-state index contributed by atoms with van der Waals surface area (Å²) in [7, 11) is 0. The molecule has 0 aliphatic heterocycles. The first kappa shape index (κ1) is 32.5. The number of unbranched alkanes of at least 4 members (excludes halogenated alkanes) is 1. The summed E-state index contributed by atoms with van der Waals surface area (Å²) < 4.78 is 0. The van der Waals surface area contributed by atoms with E-state index in [4.69, 9.17) is 28.7 Å². The van der Waals surface area contributed by atoms with E-state index in [0.717, 1.165) is 0 Å². The molecule has 0 bridgehead atoms. The van der Waals surface area contributed by atoms with Crippen LogP contribution < -0.4 is 44.6 Å². The third kappa shape index (κ3) is 14.0. The number of nitrogens with one attached hydrogen (secondary N) is 3. The molecular formula is C20H39N9O7. The molecule has 0 aliphatic rings. The summed E-state index contributed by atoms with van der Waals surface area (Å²) in [5.41, 5.74) is 26.8. The zero-order valence-corrected chi connectivity index (χ0v) is 20.2. The fraction of sp³-hybridized carbons (Fsp3) is 0.700. The first-order chi connectivity index (χ1) is 16.9. The van der Waals surface area contributed by atoms with Crippen molar-refractivity contribution >= 4 is 35.6 Å². The first-order valence-electron chi connectivity index (χ1n) is 11.5. The van der Waals surface area contributed by atoms with Gasteiger partial charge in [0.05, 0.1) is 12.6 Å². The zero-order chi connectivity index (χ0) is 27.7. The van der Waals surface area contributed by atoms with Crippen molar-refractivity contribution in [2.24, 2.45) is 33.7 Å². The van der Waals surface area contributed by atoms with Gasteiger partial charge in [-0.25, -0.2) is 4.79 Å². The van der Waals surface area contributed by atoms with Crippen molar-refractivity contribution < 1.29 is 34.2 Å². The average Bonchev–Trinajstić information content (AvgIpc) is 2.81. The summed E-state index contributed by atoms with van der Waals surface area (Å²) in [6.07, 6.45) is 1.20. The van der Waals surface area contributed by atoms with Gasteiger partial charge in [0.25, 0.3) is 0 Å². The minimum atomic E-state index is -1.52. The van der Waals surface area contributed by atoms with Gasteiger partial charge in [0.2, 0.25) is 23.6 Å². The van der Waals surface area contributed by atoms with Crippen LogP contribution in [0.1, 0.15) is 44.9 Å². The van der Waals surface area contributed by atoms with Crippen LogP contribution in [0.5, 0.6) is 0 Å².